The summed E-state index contributed by atoms with van der Waals surface area (Å²) >= 11 is 0. The molecule has 1 amide bonds. The molecule has 0 spiro atoms. The number of hydrogen-bond donors (Lipinski definition) is 2. The number of benzene rings is 1. The first kappa shape index (κ1) is 15.4. The normalized spacial score (nSPS) is 12.0. The van der Waals surface area contributed by atoms with Gasteiger partial charge in [0.1, 0.15) is 11.6 Å². The summed E-state index contributed by atoms with van der Waals surface area (Å²) in [6, 6.07) is 4.30. The second kappa shape index (κ2) is 7.74. The van der Waals surface area contributed by atoms with Gasteiger partial charge in [-0.25, -0.2) is 4.39 Å². The molecule has 1 atom stereocenters. The number of halogens is 1. The second-order valence-electron chi connectivity index (χ2n) is 4.19. The molecule has 0 heterocycles. The molecule has 106 valence electrons. The smallest absolute Gasteiger partial charge is 0.260 e. The molecule has 0 aliphatic rings. The van der Waals surface area contributed by atoms with E-state index in [9.17, 15) is 9.18 Å². The number of carbonyl (C=O) groups excluding carboxylic acids is 1. The zero-order valence-corrected chi connectivity index (χ0v) is 11.6. The largest absolute Gasteiger partial charge is 0.481 e. The van der Waals surface area contributed by atoms with Crippen molar-refractivity contribution in [3.8, 4) is 5.75 Å². The van der Waals surface area contributed by atoms with Gasteiger partial charge in [-0.15, -0.1) is 0 Å². The van der Waals surface area contributed by atoms with Crippen molar-refractivity contribution in [3.05, 3.63) is 29.6 Å². The van der Waals surface area contributed by atoms with Gasteiger partial charge in [0.05, 0.1) is 0 Å². The third-order valence-electron chi connectivity index (χ3n) is 2.61. The Labute approximate surface area is 113 Å². The molecule has 0 radical (unpaired) electrons. The predicted octanol–water partition coefficient (Wildman–Crippen LogP) is 1.84. The Morgan fingerprint density at radius 2 is 2.11 bits per heavy atom. The van der Waals surface area contributed by atoms with Gasteiger partial charge in [0.15, 0.2) is 6.10 Å². The Morgan fingerprint density at radius 1 is 1.37 bits per heavy atom. The molecule has 0 aliphatic carbocycles. The lowest BCUT2D eigenvalue weighted by atomic mass is 10.2. The van der Waals surface area contributed by atoms with Crippen LogP contribution in [-0.4, -0.2) is 25.1 Å². The molecule has 4 nitrogen and oxygen atoms in total. The van der Waals surface area contributed by atoms with Crippen LogP contribution in [0, 0.1) is 5.82 Å². The molecule has 1 rings (SSSR count). The van der Waals surface area contributed by atoms with Crippen molar-refractivity contribution in [2.75, 3.05) is 13.1 Å². The summed E-state index contributed by atoms with van der Waals surface area (Å²) in [6.07, 6.45) is -0.606. The van der Waals surface area contributed by atoms with Crippen LogP contribution in [0.5, 0.6) is 5.75 Å². The van der Waals surface area contributed by atoms with Crippen LogP contribution in [0.4, 0.5) is 4.39 Å². The van der Waals surface area contributed by atoms with Crippen LogP contribution in [0.15, 0.2) is 18.2 Å². The van der Waals surface area contributed by atoms with Crippen molar-refractivity contribution in [2.45, 2.75) is 33.4 Å². The van der Waals surface area contributed by atoms with Gasteiger partial charge in [0, 0.05) is 18.7 Å². The Bertz CT molecular complexity index is 424. The fraction of sp³-hybridized carbons (Fsp3) is 0.500. The van der Waals surface area contributed by atoms with Crippen molar-refractivity contribution < 1.29 is 13.9 Å². The molecule has 0 bridgehead atoms. The van der Waals surface area contributed by atoms with E-state index >= 15 is 0 Å². The van der Waals surface area contributed by atoms with Gasteiger partial charge in [-0.3, -0.25) is 4.79 Å². The van der Waals surface area contributed by atoms with Crippen LogP contribution in [0.1, 0.15) is 26.3 Å². The molecule has 1 aromatic rings. The molecule has 0 aliphatic heterocycles. The van der Waals surface area contributed by atoms with Gasteiger partial charge < -0.3 is 15.4 Å². The summed E-state index contributed by atoms with van der Waals surface area (Å²) in [5, 5.41) is 5.80. The number of hydrogen-bond acceptors (Lipinski definition) is 3. The van der Waals surface area contributed by atoms with Gasteiger partial charge in [0.2, 0.25) is 0 Å². The molecule has 1 aromatic carbocycles. The molecule has 1 unspecified atom stereocenters. The highest BCUT2D eigenvalue weighted by molar-refractivity contribution is 5.80. The van der Waals surface area contributed by atoms with Gasteiger partial charge >= 0.3 is 0 Å². The fourth-order valence-electron chi connectivity index (χ4n) is 1.62. The average Bonchev–Trinajstić information content (AvgIpc) is 2.39. The summed E-state index contributed by atoms with van der Waals surface area (Å²) in [5.74, 6) is 0.0354. The topological polar surface area (TPSA) is 50.4 Å². The maximum atomic E-state index is 13.2. The van der Waals surface area contributed by atoms with Crippen LogP contribution in [0.3, 0.4) is 0 Å². The highest BCUT2D eigenvalue weighted by Gasteiger charge is 2.15. The lowest BCUT2D eigenvalue weighted by Crippen LogP contribution is -2.36. The minimum atomic E-state index is -0.606. The zero-order chi connectivity index (χ0) is 14.3. The minimum absolute atomic E-state index is 0.179. The Morgan fingerprint density at radius 3 is 2.74 bits per heavy atom. The van der Waals surface area contributed by atoms with Gasteiger partial charge in [-0.2, -0.15) is 0 Å². The highest BCUT2D eigenvalue weighted by Crippen LogP contribution is 2.21. The maximum absolute atomic E-state index is 13.2. The van der Waals surface area contributed by atoms with Crippen molar-refractivity contribution in [3.63, 3.8) is 0 Å². The van der Waals surface area contributed by atoms with Crippen LogP contribution >= 0.6 is 0 Å². The summed E-state index contributed by atoms with van der Waals surface area (Å²) < 4.78 is 18.8. The summed E-state index contributed by atoms with van der Waals surface area (Å²) in [4.78, 5) is 11.6. The van der Waals surface area contributed by atoms with Crippen molar-refractivity contribution >= 4 is 5.91 Å². The summed E-state index contributed by atoms with van der Waals surface area (Å²) in [7, 11) is 0. The third-order valence-corrected chi connectivity index (χ3v) is 2.61. The Balaban J connectivity index is 2.78. The average molecular weight is 268 g/mol. The van der Waals surface area contributed by atoms with Gasteiger partial charge in [-0.05, 0) is 38.6 Å². The Hall–Kier alpha value is -1.62. The van der Waals surface area contributed by atoms with Crippen molar-refractivity contribution in [2.24, 2.45) is 0 Å². The van der Waals surface area contributed by atoms with Gasteiger partial charge in [-0.1, -0.05) is 6.92 Å². The van der Waals surface area contributed by atoms with E-state index in [4.69, 9.17) is 4.74 Å². The van der Waals surface area contributed by atoms with Gasteiger partial charge in [0.25, 0.3) is 5.91 Å². The maximum Gasteiger partial charge on any atom is 0.260 e. The zero-order valence-electron chi connectivity index (χ0n) is 11.6. The van der Waals surface area contributed by atoms with Crippen molar-refractivity contribution in [1.82, 2.24) is 10.6 Å². The minimum Gasteiger partial charge on any atom is -0.481 e. The number of carbonyl (C=O) groups is 1. The summed E-state index contributed by atoms with van der Waals surface area (Å²) in [5.41, 5.74) is 0.706. The predicted molar refractivity (Wildman–Crippen MR) is 72.6 cm³/mol. The first-order valence-corrected chi connectivity index (χ1v) is 6.52. The Kier molecular flexibility index (Phi) is 6.29. The first-order valence-electron chi connectivity index (χ1n) is 6.52. The van der Waals surface area contributed by atoms with E-state index < -0.39 is 6.10 Å². The molecular weight excluding hydrogens is 247 g/mol. The lowest BCUT2D eigenvalue weighted by molar-refractivity contribution is -0.127. The molecular formula is C14H21FN2O2. The number of likely N-dealkylation sites (N-methyl/N-ethyl adjacent to an activating group) is 1. The van der Waals surface area contributed by atoms with Crippen LogP contribution in [0.2, 0.25) is 0 Å². The van der Waals surface area contributed by atoms with Crippen LogP contribution < -0.4 is 15.4 Å². The van der Waals surface area contributed by atoms with Crippen molar-refractivity contribution in [1.29, 1.82) is 0 Å². The molecule has 19 heavy (non-hydrogen) atoms. The summed E-state index contributed by atoms with van der Waals surface area (Å²) in [6.45, 7) is 7.33. The SMILES string of the molecule is CCNCc1cc(F)ccc1OC(C)C(=O)NCC. The fourth-order valence-corrected chi connectivity index (χ4v) is 1.62. The third kappa shape index (κ3) is 4.87. The second-order valence-corrected chi connectivity index (χ2v) is 4.19. The van der Waals surface area contributed by atoms with E-state index in [1.807, 2.05) is 13.8 Å². The highest BCUT2D eigenvalue weighted by atomic mass is 19.1. The molecule has 0 saturated carbocycles. The molecule has 5 heteroatoms. The van der Waals surface area contributed by atoms with E-state index in [0.29, 0.717) is 24.4 Å². The van der Waals surface area contributed by atoms with Crippen LogP contribution in [-0.2, 0) is 11.3 Å². The lowest BCUT2D eigenvalue weighted by Gasteiger charge is -2.17. The molecule has 0 aromatic heterocycles. The number of rotatable bonds is 7. The van der Waals surface area contributed by atoms with E-state index in [-0.39, 0.29) is 11.7 Å². The molecule has 0 fully saturated rings. The number of nitrogens with one attached hydrogen (secondary N) is 2. The molecule has 0 saturated heterocycles. The van der Waals surface area contributed by atoms with E-state index in [1.165, 1.54) is 12.1 Å². The standard InChI is InChI=1S/C14H21FN2O2/c1-4-16-9-11-8-12(15)6-7-13(11)19-10(3)14(18)17-5-2/h6-8,10,16H,4-5,9H2,1-3H3,(H,17,18). The van der Waals surface area contributed by atoms with E-state index in [0.717, 1.165) is 6.54 Å². The quantitative estimate of drug-likeness (QED) is 0.793. The van der Waals surface area contributed by atoms with Crippen LogP contribution in [0.25, 0.3) is 0 Å². The molecule has 2 N–H and O–H groups in total. The number of amides is 1. The number of ether oxygens (including phenoxy) is 1. The monoisotopic (exact) mass is 268 g/mol. The first-order chi connectivity index (χ1) is 9.08. The van der Waals surface area contributed by atoms with E-state index in [2.05, 4.69) is 10.6 Å². The van der Waals surface area contributed by atoms with E-state index in [1.54, 1.807) is 13.0 Å².